The molecule has 0 spiro atoms. The molecule has 2 unspecified atom stereocenters. The van der Waals surface area contributed by atoms with Crippen LogP contribution in [0, 0.1) is 5.41 Å². The minimum absolute atomic E-state index is 0.118. The van der Waals surface area contributed by atoms with Gasteiger partial charge in [-0.15, -0.1) is 0 Å². The van der Waals surface area contributed by atoms with E-state index in [2.05, 4.69) is 0 Å². The van der Waals surface area contributed by atoms with E-state index in [9.17, 15) is 14.7 Å². The highest BCUT2D eigenvalue weighted by Gasteiger charge is 2.45. The van der Waals surface area contributed by atoms with Crippen molar-refractivity contribution < 1.29 is 19.4 Å². The summed E-state index contributed by atoms with van der Waals surface area (Å²) in [5.41, 5.74) is -0.118. The minimum atomic E-state index is -0.945. The number of amides is 1. The third-order valence-electron chi connectivity index (χ3n) is 3.71. The molecule has 1 N–H and O–H groups in total. The Morgan fingerprint density at radius 3 is 2.61 bits per heavy atom. The molecule has 1 saturated heterocycles. The number of carboxylic acid groups (broad SMARTS) is 1. The summed E-state index contributed by atoms with van der Waals surface area (Å²) in [6, 6.07) is -0.746. The van der Waals surface area contributed by atoms with Crippen molar-refractivity contribution in [1.29, 1.82) is 0 Å². The number of aliphatic carboxylic acids is 1. The third-order valence-corrected chi connectivity index (χ3v) is 3.71. The zero-order chi connectivity index (χ0) is 13.8. The molecule has 1 heterocycles. The third kappa shape index (κ3) is 3.37. The normalized spacial score (nSPS) is 27.3. The fourth-order valence-corrected chi connectivity index (χ4v) is 2.22. The predicted octanol–water partition coefficient (Wildman–Crippen LogP) is 2.50. The smallest absolute Gasteiger partial charge is 0.410 e. The second kappa shape index (κ2) is 6.07. The maximum absolute atomic E-state index is 11.9. The molecule has 1 aliphatic heterocycles. The molecule has 1 amide bonds. The molecule has 0 aliphatic carbocycles. The van der Waals surface area contributed by atoms with Crippen molar-refractivity contribution in [2.75, 3.05) is 13.2 Å². The summed E-state index contributed by atoms with van der Waals surface area (Å²) >= 11 is 0. The Kier molecular flexibility index (Phi) is 4.99. The van der Waals surface area contributed by atoms with Gasteiger partial charge in [0.15, 0.2) is 0 Å². The van der Waals surface area contributed by atoms with E-state index in [0.29, 0.717) is 19.6 Å². The van der Waals surface area contributed by atoms with Crippen molar-refractivity contribution >= 4 is 12.1 Å². The quantitative estimate of drug-likeness (QED) is 0.768. The molecule has 5 nitrogen and oxygen atoms in total. The molecule has 0 bridgehead atoms. The Bertz CT molecular complexity index is 318. The molecule has 18 heavy (non-hydrogen) atoms. The van der Waals surface area contributed by atoms with E-state index < -0.39 is 18.1 Å². The Balaban J connectivity index is 2.66. The van der Waals surface area contributed by atoms with Crippen LogP contribution < -0.4 is 0 Å². The van der Waals surface area contributed by atoms with Crippen LogP contribution in [0.4, 0.5) is 4.79 Å². The Morgan fingerprint density at radius 1 is 1.44 bits per heavy atom. The molecule has 0 aromatic carbocycles. The van der Waals surface area contributed by atoms with E-state index >= 15 is 0 Å². The summed E-state index contributed by atoms with van der Waals surface area (Å²) < 4.78 is 5.11. The predicted molar refractivity (Wildman–Crippen MR) is 67.4 cm³/mol. The molecular formula is C13H23NO4. The van der Waals surface area contributed by atoms with Crippen LogP contribution in [0.3, 0.4) is 0 Å². The van der Waals surface area contributed by atoms with Gasteiger partial charge in [-0.05, 0) is 24.7 Å². The number of carbonyl (C=O) groups excluding carboxylic acids is 1. The first-order valence-electron chi connectivity index (χ1n) is 6.59. The van der Waals surface area contributed by atoms with Gasteiger partial charge in [0.25, 0.3) is 0 Å². The van der Waals surface area contributed by atoms with Gasteiger partial charge in [0.2, 0.25) is 0 Å². The van der Waals surface area contributed by atoms with Crippen LogP contribution in [0.5, 0.6) is 0 Å². The Hall–Kier alpha value is -1.26. The first-order valence-corrected chi connectivity index (χ1v) is 6.59. The van der Waals surface area contributed by atoms with E-state index in [1.165, 1.54) is 4.90 Å². The fraction of sp³-hybridized carbons (Fsp3) is 0.846. The van der Waals surface area contributed by atoms with Gasteiger partial charge in [0.1, 0.15) is 6.04 Å². The molecule has 0 radical (unpaired) electrons. The van der Waals surface area contributed by atoms with Gasteiger partial charge < -0.3 is 9.84 Å². The minimum Gasteiger partial charge on any atom is -0.480 e. The lowest BCUT2D eigenvalue weighted by Crippen LogP contribution is -2.41. The largest absolute Gasteiger partial charge is 0.480 e. The van der Waals surface area contributed by atoms with Crippen LogP contribution in [-0.2, 0) is 9.53 Å². The molecule has 5 heteroatoms. The average Bonchev–Trinajstić information content (AvgIpc) is 2.69. The standard InChI is InChI=1S/C13H23NO4/c1-4-6-7-18-12(17)14-9-13(3,5-2)8-10(14)11(15)16/h10H,4-9H2,1-3H3,(H,15,16). The number of ether oxygens (including phenoxy) is 1. The number of carbonyl (C=O) groups is 2. The second-order valence-electron chi connectivity index (χ2n) is 5.32. The van der Waals surface area contributed by atoms with Crippen molar-refractivity contribution in [3.63, 3.8) is 0 Å². The van der Waals surface area contributed by atoms with Gasteiger partial charge in [-0.25, -0.2) is 9.59 Å². The topological polar surface area (TPSA) is 66.8 Å². The van der Waals surface area contributed by atoms with Crippen LogP contribution >= 0.6 is 0 Å². The monoisotopic (exact) mass is 257 g/mol. The molecule has 0 saturated carbocycles. The van der Waals surface area contributed by atoms with Gasteiger partial charge >= 0.3 is 12.1 Å². The second-order valence-corrected chi connectivity index (χ2v) is 5.32. The van der Waals surface area contributed by atoms with E-state index in [1.807, 2.05) is 20.8 Å². The first kappa shape index (κ1) is 14.8. The van der Waals surface area contributed by atoms with Crippen molar-refractivity contribution in [3.05, 3.63) is 0 Å². The zero-order valence-corrected chi connectivity index (χ0v) is 11.4. The number of hydrogen-bond donors (Lipinski definition) is 1. The van der Waals surface area contributed by atoms with Crippen molar-refractivity contribution in [2.24, 2.45) is 5.41 Å². The van der Waals surface area contributed by atoms with Crippen LogP contribution in [0.2, 0.25) is 0 Å². The molecule has 0 aromatic rings. The van der Waals surface area contributed by atoms with Gasteiger partial charge in [-0.1, -0.05) is 27.2 Å². The van der Waals surface area contributed by atoms with E-state index in [1.54, 1.807) is 0 Å². The molecular weight excluding hydrogens is 234 g/mol. The highest BCUT2D eigenvalue weighted by atomic mass is 16.6. The number of nitrogens with zero attached hydrogens (tertiary/aromatic N) is 1. The average molecular weight is 257 g/mol. The molecule has 1 aliphatic rings. The lowest BCUT2D eigenvalue weighted by Gasteiger charge is -2.22. The Labute approximate surface area is 108 Å². The molecule has 2 atom stereocenters. The SMILES string of the molecule is CCCCOC(=O)N1CC(C)(CC)CC1C(=O)O. The first-order chi connectivity index (χ1) is 8.43. The summed E-state index contributed by atoms with van der Waals surface area (Å²) in [4.78, 5) is 24.4. The number of unbranched alkanes of at least 4 members (excludes halogenated alkanes) is 1. The van der Waals surface area contributed by atoms with E-state index in [0.717, 1.165) is 19.3 Å². The van der Waals surface area contributed by atoms with E-state index in [-0.39, 0.29) is 5.41 Å². The van der Waals surface area contributed by atoms with Crippen LogP contribution in [0.15, 0.2) is 0 Å². The number of rotatable bonds is 5. The lowest BCUT2D eigenvalue weighted by atomic mass is 9.85. The van der Waals surface area contributed by atoms with Crippen molar-refractivity contribution in [1.82, 2.24) is 4.90 Å². The number of carboxylic acids is 1. The van der Waals surface area contributed by atoms with Gasteiger partial charge in [-0.2, -0.15) is 0 Å². The maximum atomic E-state index is 11.9. The van der Waals surface area contributed by atoms with Crippen LogP contribution in [0.25, 0.3) is 0 Å². The number of hydrogen-bond acceptors (Lipinski definition) is 3. The summed E-state index contributed by atoms with van der Waals surface area (Å²) in [6.07, 6.45) is 2.62. The van der Waals surface area contributed by atoms with Crippen molar-refractivity contribution in [2.45, 2.75) is 52.5 Å². The van der Waals surface area contributed by atoms with Crippen LogP contribution in [-0.4, -0.2) is 41.3 Å². The van der Waals surface area contributed by atoms with Crippen molar-refractivity contribution in [3.8, 4) is 0 Å². The lowest BCUT2D eigenvalue weighted by molar-refractivity contribution is -0.141. The summed E-state index contributed by atoms with van der Waals surface area (Å²) in [5.74, 6) is -0.945. The van der Waals surface area contributed by atoms with Gasteiger partial charge in [0, 0.05) is 6.54 Å². The Morgan fingerprint density at radius 2 is 2.11 bits per heavy atom. The zero-order valence-electron chi connectivity index (χ0n) is 11.4. The molecule has 104 valence electrons. The molecule has 1 rings (SSSR count). The summed E-state index contributed by atoms with van der Waals surface area (Å²) in [7, 11) is 0. The molecule has 0 aromatic heterocycles. The number of likely N-dealkylation sites (tertiary alicyclic amines) is 1. The van der Waals surface area contributed by atoms with Gasteiger partial charge in [0.05, 0.1) is 6.61 Å². The molecule has 1 fully saturated rings. The maximum Gasteiger partial charge on any atom is 0.410 e. The van der Waals surface area contributed by atoms with Crippen LogP contribution in [0.1, 0.15) is 46.5 Å². The highest BCUT2D eigenvalue weighted by Crippen LogP contribution is 2.37. The van der Waals surface area contributed by atoms with Gasteiger partial charge in [-0.3, -0.25) is 4.90 Å². The fourth-order valence-electron chi connectivity index (χ4n) is 2.22. The van der Waals surface area contributed by atoms with E-state index in [4.69, 9.17) is 4.74 Å². The summed E-state index contributed by atoms with van der Waals surface area (Å²) in [5, 5.41) is 9.18. The highest BCUT2D eigenvalue weighted by molar-refractivity contribution is 5.81. The summed E-state index contributed by atoms with van der Waals surface area (Å²) in [6.45, 7) is 6.87.